The second kappa shape index (κ2) is 9.66. The van der Waals surface area contributed by atoms with Crippen LogP contribution < -0.4 is 25.8 Å². The summed E-state index contributed by atoms with van der Waals surface area (Å²) in [7, 11) is 3.19. The summed E-state index contributed by atoms with van der Waals surface area (Å²) >= 11 is 6.37. The number of nitrogens with one attached hydrogen (secondary N) is 2. The minimum Gasteiger partial charge on any atom is -0.475 e. The van der Waals surface area contributed by atoms with Crippen LogP contribution in [0.25, 0.3) is 10.9 Å². The summed E-state index contributed by atoms with van der Waals surface area (Å²) < 4.78 is 7.13. The van der Waals surface area contributed by atoms with Crippen LogP contribution in [0, 0.1) is 0 Å². The lowest BCUT2D eigenvalue weighted by molar-refractivity contribution is -0.126. The Hall–Kier alpha value is -3.33. The minimum atomic E-state index is -0.797. The van der Waals surface area contributed by atoms with Gasteiger partial charge in [-0.2, -0.15) is 4.98 Å². The summed E-state index contributed by atoms with van der Waals surface area (Å²) in [5.41, 5.74) is 1.16. The predicted molar refractivity (Wildman–Crippen MR) is 130 cm³/mol. The normalized spacial score (nSPS) is 14.7. The SMILES string of the molecule is CNC(=O)[C@@H](C)Oc1cc2cc(Nc3nc(N4CCCCC4)ncc3Cl)ccc2n(C)c1=O. The van der Waals surface area contributed by atoms with Gasteiger partial charge in [0.15, 0.2) is 17.7 Å². The van der Waals surface area contributed by atoms with Crippen LogP contribution in [-0.2, 0) is 11.8 Å². The highest BCUT2D eigenvalue weighted by atomic mass is 35.5. The van der Waals surface area contributed by atoms with E-state index >= 15 is 0 Å². The number of fused-ring (bicyclic) bond motifs is 1. The number of halogens is 1. The van der Waals surface area contributed by atoms with Crippen molar-refractivity contribution >= 4 is 45.9 Å². The maximum absolute atomic E-state index is 12.7. The van der Waals surface area contributed by atoms with Crippen LogP contribution in [0.2, 0.25) is 5.02 Å². The molecule has 1 aliphatic rings. The number of aromatic nitrogens is 3. The molecule has 0 radical (unpaired) electrons. The molecule has 1 aromatic carbocycles. The third kappa shape index (κ3) is 4.88. The number of pyridine rings is 1. The minimum absolute atomic E-state index is 0.103. The van der Waals surface area contributed by atoms with Gasteiger partial charge in [0, 0.05) is 38.3 Å². The largest absolute Gasteiger partial charge is 0.475 e. The molecular weight excluding hydrogens is 444 g/mol. The van der Waals surface area contributed by atoms with Crippen molar-refractivity contribution in [3.8, 4) is 5.75 Å². The molecule has 2 N–H and O–H groups in total. The van der Waals surface area contributed by atoms with Crippen molar-refractivity contribution in [2.45, 2.75) is 32.3 Å². The summed E-state index contributed by atoms with van der Waals surface area (Å²) in [6.07, 6.45) is 4.29. The Morgan fingerprint density at radius 2 is 1.97 bits per heavy atom. The van der Waals surface area contributed by atoms with Crippen molar-refractivity contribution in [1.82, 2.24) is 19.9 Å². The molecule has 0 bridgehead atoms. The Kier molecular flexibility index (Phi) is 6.69. The first kappa shape index (κ1) is 22.8. The Morgan fingerprint density at radius 1 is 1.21 bits per heavy atom. The number of hydrogen-bond donors (Lipinski definition) is 2. The Bertz CT molecular complexity index is 1240. The van der Waals surface area contributed by atoms with Crippen LogP contribution in [-0.4, -0.2) is 46.7 Å². The third-order valence-corrected chi connectivity index (χ3v) is 6.02. The highest BCUT2D eigenvalue weighted by Gasteiger charge is 2.18. The van der Waals surface area contributed by atoms with Crippen LogP contribution in [0.4, 0.5) is 17.5 Å². The fraction of sp³-hybridized carbons (Fsp3) is 0.391. The monoisotopic (exact) mass is 470 g/mol. The molecule has 1 saturated heterocycles. The number of carbonyl (C=O) groups is 1. The number of piperidine rings is 1. The Labute approximate surface area is 196 Å². The molecule has 2 aromatic heterocycles. The summed E-state index contributed by atoms with van der Waals surface area (Å²) in [6.45, 7) is 3.46. The van der Waals surface area contributed by atoms with E-state index in [1.54, 1.807) is 26.2 Å². The molecule has 0 aliphatic carbocycles. The van der Waals surface area contributed by atoms with E-state index < -0.39 is 6.10 Å². The van der Waals surface area contributed by atoms with E-state index in [1.807, 2.05) is 18.2 Å². The number of carbonyl (C=O) groups excluding carboxylic acids is 1. The zero-order chi connectivity index (χ0) is 23.5. The van der Waals surface area contributed by atoms with Gasteiger partial charge in [0.05, 0.1) is 11.7 Å². The predicted octanol–water partition coefficient (Wildman–Crippen LogP) is 3.23. The molecule has 174 valence electrons. The van der Waals surface area contributed by atoms with Crippen LogP contribution in [0.15, 0.2) is 35.3 Å². The summed E-state index contributed by atoms with van der Waals surface area (Å²) in [5, 5.41) is 6.96. The fourth-order valence-electron chi connectivity index (χ4n) is 3.89. The number of anilines is 3. The summed E-state index contributed by atoms with van der Waals surface area (Å²) in [5.74, 6) is 0.964. The highest BCUT2D eigenvalue weighted by Crippen LogP contribution is 2.28. The number of rotatable bonds is 6. The van der Waals surface area contributed by atoms with Gasteiger partial charge < -0.3 is 24.8 Å². The van der Waals surface area contributed by atoms with Crippen molar-refractivity contribution in [3.63, 3.8) is 0 Å². The van der Waals surface area contributed by atoms with Crippen LogP contribution in [0.5, 0.6) is 5.75 Å². The second-order valence-corrected chi connectivity index (χ2v) is 8.47. The van der Waals surface area contributed by atoms with E-state index in [-0.39, 0.29) is 17.2 Å². The molecule has 3 aromatic rings. The van der Waals surface area contributed by atoms with Gasteiger partial charge in [0.1, 0.15) is 5.02 Å². The average molecular weight is 471 g/mol. The van der Waals surface area contributed by atoms with Crippen molar-refractivity contribution < 1.29 is 9.53 Å². The molecule has 0 saturated carbocycles. The maximum Gasteiger partial charge on any atom is 0.293 e. The number of likely N-dealkylation sites (N-methyl/N-ethyl adjacent to an activating group) is 1. The van der Waals surface area contributed by atoms with Crippen LogP contribution in [0.1, 0.15) is 26.2 Å². The summed E-state index contributed by atoms with van der Waals surface area (Å²) in [4.78, 5) is 35.7. The van der Waals surface area contributed by atoms with E-state index in [0.29, 0.717) is 16.8 Å². The second-order valence-electron chi connectivity index (χ2n) is 8.06. The van der Waals surface area contributed by atoms with Gasteiger partial charge in [-0.3, -0.25) is 9.59 Å². The van der Waals surface area contributed by atoms with E-state index in [0.717, 1.165) is 42.5 Å². The lowest BCUT2D eigenvalue weighted by Crippen LogP contribution is -2.35. The molecule has 1 amide bonds. The van der Waals surface area contributed by atoms with Gasteiger partial charge in [0.2, 0.25) is 5.95 Å². The van der Waals surface area contributed by atoms with Gasteiger partial charge in [-0.15, -0.1) is 0 Å². The van der Waals surface area contributed by atoms with Crippen molar-refractivity contribution in [2.24, 2.45) is 7.05 Å². The summed E-state index contributed by atoms with van der Waals surface area (Å²) in [6, 6.07) is 7.22. The molecule has 1 aliphatic heterocycles. The molecule has 9 nitrogen and oxygen atoms in total. The van der Waals surface area contributed by atoms with E-state index in [1.165, 1.54) is 18.0 Å². The van der Waals surface area contributed by atoms with E-state index in [9.17, 15) is 9.59 Å². The number of hydrogen-bond acceptors (Lipinski definition) is 7. The fourth-order valence-corrected chi connectivity index (χ4v) is 4.03. The lowest BCUT2D eigenvalue weighted by atomic mass is 10.1. The highest BCUT2D eigenvalue weighted by molar-refractivity contribution is 6.32. The standard InChI is InChI=1S/C23H27ClN6O3/c1-14(21(31)25-2)33-19-12-15-11-16(7-8-18(15)29(3)22(19)32)27-20-17(24)13-26-23(28-20)30-9-5-4-6-10-30/h7-8,11-14H,4-6,9-10H2,1-3H3,(H,25,31)(H,26,27,28)/t14-/m1/s1. The third-order valence-electron chi connectivity index (χ3n) is 5.74. The first-order valence-corrected chi connectivity index (χ1v) is 11.3. The van der Waals surface area contributed by atoms with Gasteiger partial charge in [-0.25, -0.2) is 4.98 Å². The molecule has 4 rings (SSSR count). The van der Waals surface area contributed by atoms with Crippen molar-refractivity contribution in [2.75, 3.05) is 30.4 Å². The van der Waals surface area contributed by atoms with Crippen molar-refractivity contribution in [1.29, 1.82) is 0 Å². The van der Waals surface area contributed by atoms with Gasteiger partial charge in [-0.05, 0) is 50.5 Å². The molecule has 0 spiro atoms. The molecule has 33 heavy (non-hydrogen) atoms. The zero-order valence-corrected chi connectivity index (χ0v) is 19.6. The van der Waals surface area contributed by atoms with Gasteiger partial charge >= 0.3 is 0 Å². The number of aryl methyl sites for hydroxylation is 1. The quantitative estimate of drug-likeness (QED) is 0.570. The first-order chi connectivity index (χ1) is 15.9. The molecule has 1 atom stereocenters. The maximum atomic E-state index is 12.7. The van der Waals surface area contributed by atoms with Crippen molar-refractivity contribution in [3.05, 3.63) is 45.8 Å². The van der Waals surface area contributed by atoms with E-state index in [4.69, 9.17) is 16.3 Å². The molecular formula is C23H27ClN6O3. The number of nitrogens with zero attached hydrogens (tertiary/aromatic N) is 4. The number of benzene rings is 1. The number of ether oxygens (including phenoxy) is 1. The van der Waals surface area contributed by atoms with Gasteiger partial charge in [0.25, 0.3) is 11.5 Å². The molecule has 0 unspecified atom stereocenters. The van der Waals surface area contributed by atoms with Crippen LogP contribution in [0.3, 0.4) is 0 Å². The lowest BCUT2D eigenvalue weighted by Gasteiger charge is -2.26. The van der Waals surface area contributed by atoms with E-state index in [2.05, 4.69) is 25.5 Å². The molecule has 1 fully saturated rings. The topological polar surface area (TPSA) is 101 Å². The number of amides is 1. The zero-order valence-electron chi connectivity index (χ0n) is 18.9. The van der Waals surface area contributed by atoms with Gasteiger partial charge in [-0.1, -0.05) is 11.6 Å². The smallest absolute Gasteiger partial charge is 0.293 e. The Balaban J connectivity index is 1.64. The average Bonchev–Trinajstić information content (AvgIpc) is 2.83. The first-order valence-electron chi connectivity index (χ1n) is 10.9. The Morgan fingerprint density at radius 3 is 2.70 bits per heavy atom. The van der Waals surface area contributed by atoms with Crippen LogP contribution >= 0.6 is 11.6 Å². The molecule has 3 heterocycles. The molecule has 10 heteroatoms.